The molecular weight excluding hydrogens is 335 g/mol. The van der Waals surface area contributed by atoms with Crippen LogP contribution in [0.2, 0.25) is 0 Å². The summed E-state index contributed by atoms with van der Waals surface area (Å²) >= 11 is 3.15. The van der Waals surface area contributed by atoms with E-state index in [9.17, 15) is 4.39 Å². The van der Waals surface area contributed by atoms with E-state index in [0.29, 0.717) is 10.9 Å². The first-order valence-corrected chi connectivity index (χ1v) is 7.39. The van der Waals surface area contributed by atoms with Crippen LogP contribution < -0.4 is 16.0 Å². The first-order chi connectivity index (χ1) is 10.0. The Morgan fingerprint density at radius 1 is 1.29 bits per heavy atom. The monoisotopic (exact) mass is 352 g/mol. The second-order valence-corrected chi connectivity index (χ2v) is 5.77. The van der Waals surface area contributed by atoms with Gasteiger partial charge in [-0.05, 0) is 58.6 Å². The fourth-order valence-electron chi connectivity index (χ4n) is 2.29. The summed E-state index contributed by atoms with van der Waals surface area (Å²) in [5.74, 6) is 6.15. The molecule has 0 radical (unpaired) electrons. The number of nitrogens with one attached hydrogen (secondary N) is 1. The lowest BCUT2D eigenvalue weighted by Crippen LogP contribution is -2.29. The molecule has 3 N–H and O–H groups in total. The van der Waals surface area contributed by atoms with E-state index in [1.54, 1.807) is 13.2 Å². The van der Waals surface area contributed by atoms with Crippen molar-refractivity contribution in [3.63, 3.8) is 0 Å². The van der Waals surface area contributed by atoms with Gasteiger partial charge in [0.2, 0.25) is 0 Å². The maximum Gasteiger partial charge on any atom is 0.137 e. The predicted molar refractivity (Wildman–Crippen MR) is 85.6 cm³/mol. The van der Waals surface area contributed by atoms with Crippen LogP contribution >= 0.6 is 15.9 Å². The number of ether oxygens (including phenoxy) is 1. The molecule has 2 aromatic carbocycles. The van der Waals surface area contributed by atoms with E-state index in [1.807, 2.05) is 25.1 Å². The summed E-state index contributed by atoms with van der Waals surface area (Å²) in [6, 6.07) is 10.8. The summed E-state index contributed by atoms with van der Waals surface area (Å²) < 4.78 is 19.5. The van der Waals surface area contributed by atoms with Gasteiger partial charge in [-0.2, -0.15) is 0 Å². The number of benzene rings is 2. The van der Waals surface area contributed by atoms with Crippen LogP contribution in [-0.4, -0.2) is 7.11 Å². The quantitative estimate of drug-likeness (QED) is 0.637. The van der Waals surface area contributed by atoms with E-state index in [4.69, 9.17) is 10.6 Å². The molecule has 0 spiro atoms. The number of nitrogens with two attached hydrogens (primary N) is 1. The number of methoxy groups -OCH3 is 1. The number of rotatable bonds is 5. The van der Waals surface area contributed by atoms with Crippen LogP contribution in [0, 0.1) is 12.7 Å². The van der Waals surface area contributed by atoms with E-state index < -0.39 is 0 Å². The highest BCUT2D eigenvalue weighted by Gasteiger charge is 2.15. The molecule has 2 rings (SSSR count). The van der Waals surface area contributed by atoms with Gasteiger partial charge in [-0.25, -0.2) is 4.39 Å². The SMILES string of the molecule is COc1ccc(C)cc1CC(NN)c1ccc(Br)c(F)c1. The summed E-state index contributed by atoms with van der Waals surface area (Å²) in [5, 5.41) is 0. The fraction of sp³-hybridized carbons (Fsp3) is 0.250. The molecule has 0 heterocycles. The molecular formula is C16H18BrFN2O. The van der Waals surface area contributed by atoms with Crippen molar-refractivity contribution in [1.82, 2.24) is 5.43 Å². The largest absolute Gasteiger partial charge is 0.496 e. The van der Waals surface area contributed by atoms with Crippen LogP contribution in [-0.2, 0) is 6.42 Å². The molecule has 1 atom stereocenters. The normalized spacial score (nSPS) is 12.2. The molecule has 0 aromatic heterocycles. The van der Waals surface area contributed by atoms with E-state index >= 15 is 0 Å². The third-order valence-corrected chi connectivity index (χ3v) is 4.05. The summed E-state index contributed by atoms with van der Waals surface area (Å²) in [4.78, 5) is 0. The topological polar surface area (TPSA) is 47.3 Å². The second-order valence-electron chi connectivity index (χ2n) is 4.91. The van der Waals surface area contributed by atoms with Crippen LogP contribution in [0.4, 0.5) is 4.39 Å². The molecule has 0 amide bonds. The maximum absolute atomic E-state index is 13.7. The highest BCUT2D eigenvalue weighted by molar-refractivity contribution is 9.10. The Hall–Kier alpha value is -1.43. The van der Waals surface area contributed by atoms with Crippen LogP contribution in [0.25, 0.3) is 0 Å². The Bertz CT molecular complexity index is 634. The van der Waals surface area contributed by atoms with Crippen molar-refractivity contribution in [3.8, 4) is 5.75 Å². The Balaban J connectivity index is 2.30. The molecule has 0 saturated carbocycles. The van der Waals surface area contributed by atoms with Crippen molar-refractivity contribution in [3.05, 3.63) is 63.4 Å². The lowest BCUT2D eigenvalue weighted by molar-refractivity contribution is 0.405. The Morgan fingerprint density at radius 3 is 2.67 bits per heavy atom. The van der Waals surface area contributed by atoms with Gasteiger partial charge in [0.15, 0.2) is 0 Å². The first-order valence-electron chi connectivity index (χ1n) is 6.59. The average molecular weight is 353 g/mol. The van der Waals surface area contributed by atoms with Crippen molar-refractivity contribution in [2.24, 2.45) is 5.84 Å². The molecule has 1 unspecified atom stereocenters. The van der Waals surface area contributed by atoms with Gasteiger partial charge in [-0.15, -0.1) is 0 Å². The number of hydrogen-bond acceptors (Lipinski definition) is 3. The molecule has 5 heteroatoms. The molecule has 0 aliphatic carbocycles. The van der Waals surface area contributed by atoms with Crippen molar-refractivity contribution in [1.29, 1.82) is 0 Å². The predicted octanol–water partition coefficient (Wildman–Crippen LogP) is 3.65. The van der Waals surface area contributed by atoms with Crippen molar-refractivity contribution in [2.75, 3.05) is 7.11 Å². The van der Waals surface area contributed by atoms with Crippen LogP contribution in [0.1, 0.15) is 22.7 Å². The molecule has 0 saturated heterocycles. The van der Waals surface area contributed by atoms with Gasteiger partial charge in [-0.3, -0.25) is 11.3 Å². The number of hydrazine groups is 1. The van der Waals surface area contributed by atoms with Gasteiger partial charge < -0.3 is 4.74 Å². The molecule has 112 valence electrons. The first kappa shape index (κ1) is 15.9. The summed E-state index contributed by atoms with van der Waals surface area (Å²) in [5.41, 5.74) is 5.71. The zero-order chi connectivity index (χ0) is 15.4. The zero-order valence-electron chi connectivity index (χ0n) is 12.0. The van der Waals surface area contributed by atoms with Crippen molar-refractivity contribution in [2.45, 2.75) is 19.4 Å². The van der Waals surface area contributed by atoms with Gasteiger partial charge in [-0.1, -0.05) is 23.8 Å². The van der Waals surface area contributed by atoms with Gasteiger partial charge >= 0.3 is 0 Å². The maximum atomic E-state index is 13.7. The minimum absolute atomic E-state index is 0.191. The van der Waals surface area contributed by atoms with E-state index in [-0.39, 0.29) is 11.9 Å². The standard InChI is InChI=1S/C16H18BrFN2O/c1-10-3-6-16(21-2)12(7-10)9-15(20-19)11-4-5-13(17)14(18)8-11/h3-8,15,20H,9,19H2,1-2H3. The molecule has 0 aliphatic heterocycles. The third-order valence-electron chi connectivity index (χ3n) is 3.41. The number of aryl methyl sites for hydroxylation is 1. The van der Waals surface area contributed by atoms with E-state index in [2.05, 4.69) is 27.4 Å². The van der Waals surface area contributed by atoms with Crippen LogP contribution in [0.3, 0.4) is 0 Å². The smallest absolute Gasteiger partial charge is 0.137 e. The second kappa shape index (κ2) is 7.02. The highest BCUT2D eigenvalue weighted by Crippen LogP contribution is 2.27. The molecule has 3 nitrogen and oxygen atoms in total. The summed E-state index contributed by atoms with van der Waals surface area (Å²) in [6.07, 6.45) is 0.614. The van der Waals surface area contributed by atoms with Crippen LogP contribution in [0.15, 0.2) is 40.9 Å². The Morgan fingerprint density at radius 2 is 2.05 bits per heavy atom. The van der Waals surface area contributed by atoms with Gasteiger partial charge in [0, 0.05) is 0 Å². The zero-order valence-corrected chi connectivity index (χ0v) is 13.6. The average Bonchev–Trinajstić information content (AvgIpc) is 2.48. The van der Waals surface area contributed by atoms with Crippen LogP contribution in [0.5, 0.6) is 5.75 Å². The molecule has 21 heavy (non-hydrogen) atoms. The van der Waals surface area contributed by atoms with E-state index in [1.165, 1.54) is 6.07 Å². The number of hydrogen-bond donors (Lipinski definition) is 2. The summed E-state index contributed by atoms with van der Waals surface area (Å²) in [6.45, 7) is 2.02. The van der Waals surface area contributed by atoms with Gasteiger partial charge in [0.25, 0.3) is 0 Å². The fourth-order valence-corrected chi connectivity index (χ4v) is 2.54. The van der Waals surface area contributed by atoms with Gasteiger partial charge in [0.1, 0.15) is 11.6 Å². The minimum atomic E-state index is -0.302. The Kier molecular flexibility index (Phi) is 5.33. The van der Waals surface area contributed by atoms with Crippen molar-refractivity contribution >= 4 is 15.9 Å². The lowest BCUT2D eigenvalue weighted by atomic mass is 9.97. The van der Waals surface area contributed by atoms with Crippen molar-refractivity contribution < 1.29 is 9.13 Å². The van der Waals surface area contributed by atoms with E-state index in [0.717, 1.165) is 22.4 Å². The lowest BCUT2D eigenvalue weighted by Gasteiger charge is -2.19. The third kappa shape index (κ3) is 3.81. The van der Waals surface area contributed by atoms with Gasteiger partial charge in [0.05, 0.1) is 17.6 Å². The molecule has 0 fully saturated rings. The molecule has 0 aliphatic rings. The minimum Gasteiger partial charge on any atom is -0.496 e. The highest BCUT2D eigenvalue weighted by atomic mass is 79.9. The molecule has 0 bridgehead atoms. The number of halogens is 2. The Labute approximate surface area is 132 Å². The summed E-state index contributed by atoms with van der Waals surface area (Å²) in [7, 11) is 1.64. The molecule has 2 aromatic rings.